The van der Waals surface area contributed by atoms with Crippen molar-refractivity contribution in [1.82, 2.24) is 20.0 Å². The van der Waals surface area contributed by atoms with Gasteiger partial charge in [0.1, 0.15) is 5.56 Å². The molecule has 23 heavy (non-hydrogen) atoms. The van der Waals surface area contributed by atoms with Crippen molar-refractivity contribution in [3.05, 3.63) is 41.9 Å². The molecule has 0 unspecified atom stereocenters. The third kappa shape index (κ3) is 2.54. The summed E-state index contributed by atoms with van der Waals surface area (Å²) in [6.07, 6.45) is -2.51. The highest BCUT2D eigenvalue weighted by Gasteiger charge is 2.41. The molecule has 0 aliphatic heterocycles. The van der Waals surface area contributed by atoms with Crippen molar-refractivity contribution in [3.8, 4) is 5.69 Å². The van der Waals surface area contributed by atoms with Crippen molar-refractivity contribution in [1.29, 1.82) is 0 Å². The number of ether oxygens (including phenoxy) is 1. The Balaban J connectivity index is 2.24. The van der Waals surface area contributed by atoms with E-state index in [0.29, 0.717) is 15.6 Å². The summed E-state index contributed by atoms with van der Waals surface area (Å²) in [5, 5.41) is 10.7. The van der Waals surface area contributed by atoms with Gasteiger partial charge < -0.3 is 4.74 Å². The summed E-state index contributed by atoms with van der Waals surface area (Å²) in [7, 11) is 0. The molecule has 2 heterocycles. The second-order valence-corrected chi connectivity index (χ2v) is 4.65. The van der Waals surface area contributed by atoms with E-state index in [1.54, 1.807) is 12.1 Å². The summed E-state index contributed by atoms with van der Waals surface area (Å²) < 4.78 is 45.7. The third-order valence-electron chi connectivity index (χ3n) is 3.22. The molecular formula is C14H11F3N4O2. The number of carbonyl (C=O) groups is 1. The Morgan fingerprint density at radius 2 is 2.13 bits per heavy atom. The molecule has 1 N–H and O–H groups in total. The Morgan fingerprint density at radius 3 is 2.83 bits per heavy atom. The van der Waals surface area contributed by atoms with Crippen molar-refractivity contribution in [3.63, 3.8) is 0 Å². The number of hydrogen-bond donors (Lipinski definition) is 1. The molecule has 0 amide bonds. The van der Waals surface area contributed by atoms with Gasteiger partial charge in [-0.1, -0.05) is 6.07 Å². The van der Waals surface area contributed by atoms with E-state index in [0.717, 1.165) is 6.20 Å². The predicted molar refractivity (Wildman–Crippen MR) is 74.2 cm³/mol. The molecule has 0 fully saturated rings. The molecule has 0 spiro atoms. The van der Waals surface area contributed by atoms with Crippen LogP contribution in [0.25, 0.3) is 16.6 Å². The number of hydrogen-bond acceptors (Lipinski definition) is 4. The quantitative estimate of drug-likeness (QED) is 0.752. The maximum absolute atomic E-state index is 13.5. The lowest BCUT2D eigenvalue weighted by Gasteiger charge is -2.13. The number of nitrogens with one attached hydrogen (secondary N) is 1. The van der Waals surface area contributed by atoms with Gasteiger partial charge in [-0.2, -0.15) is 23.4 Å². The monoisotopic (exact) mass is 324 g/mol. The van der Waals surface area contributed by atoms with Gasteiger partial charge in [-0.3, -0.25) is 5.10 Å². The molecule has 3 rings (SSSR count). The van der Waals surface area contributed by atoms with Crippen molar-refractivity contribution >= 4 is 16.9 Å². The molecule has 3 aromatic rings. The third-order valence-corrected chi connectivity index (χ3v) is 3.22. The van der Waals surface area contributed by atoms with E-state index in [-0.39, 0.29) is 12.3 Å². The van der Waals surface area contributed by atoms with Gasteiger partial charge >= 0.3 is 12.1 Å². The first-order chi connectivity index (χ1) is 10.9. The molecule has 0 saturated heterocycles. The molecule has 0 saturated carbocycles. The zero-order chi connectivity index (χ0) is 16.6. The fraction of sp³-hybridized carbons (Fsp3) is 0.214. The summed E-state index contributed by atoms with van der Waals surface area (Å²) in [5.41, 5.74) is -1.08. The summed E-state index contributed by atoms with van der Waals surface area (Å²) in [5.74, 6) is -1.06. The number of carbonyl (C=O) groups excluding carboxylic acids is 1. The molecule has 1 aromatic carbocycles. The number of H-pyrrole nitrogens is 1. The largest absolute Gasteiger partial charge is 0.462 e. The van der Waals surface area contributed by atoms with Crippen LogP contribution in [0.5, 0.6) is 0 Å². The Kier molecular flexibility index (Phi) is 3.55. The smallest absolute Gasteiger partial charge is 0.434 e. The highest BCUT2D eigenvalue weighted by molar-refractivity contribution is 5.92. The molecule has 0 aliphatic carbocycles. The highest BCUT2D eigenvalue weighted by atomic mass is 19.4. The molecule has 6 nitrogen and oxygen atoms in total. The maximum Gasteiger partial charge on any atom is 0.434 e. The Morgan fingerprint density at radius 1 is 1.35 bits per heavy atom. The van der Waals surface area contributed by atoms with Crippen LogP contribution in [0.1, 0.15) is 23.0 Å². The molecule has 0 bridgehead atoms. The lowest BCUT2D eigenvalue weighted by molar-refractivity contribution is -0.143. The van der Waals surface area contributed by atoms with E-state index in [9.17, 15) is 18.0 Å². The van der Waals surface area contributed by atoms with Crippen LogP contribution in [0.3, 0.4) is 0 Å². The fourth-order valence-corrected chi connectivity index (χ4v) is 2.30. The minimum absolute atomic E-state index is 0.0291. The molecule has 0 atom stereocenters. The van der Waals surface area contributed by atoms with Crippen LogP contribution in [0.4, 0.5) is 13.2 Å². The van der Waals surface area contributed by atoms with Crippen LogP contribution in [-0.2, 0) is 10.9 Å². The molecule has 2 aromatic heterocycles. The zero-order valence-electron chi connectivity index (χ0n) is 11.9. The zero-order valence-corrected chi connectivity index (χ0v) is 11.9. The lowest BCUT2D eigenvalue weighted by Crippen LogP contribution is -2.18. The maximum atomic E-state index is 13.5. The number of aromatic nitrogens is 4. The average molecular weight is 324 g/mol. The molecule has 0 radical (unpaired) electrons. The number of alkyl halides is 3. The highest BCUT2D eigenvalue weighted by Crippen LogP contribution is 2.35. The summed E-state index contributed by atoms with van der Waals surface area (Å²) in [6, 6.07) is 4.71. The minimum atomic E-state index is -4.77. The Labute approximate surface area is 127 Å². The van der Waals surface area contributed by atoms with Gasteiger partial charge in [0.2, 0.25) is 0 Å². The van der Waals surface area contributed by atoms with Gasteiger partial charge in [0.25, 0.3) is 0 Å². The second-order valence-electron chi connectivity index (χ2n) is 4.65. The van der Waals surface area contributed by atoms with E-state index in [1.807, 2.05) is 0 Å². The van der Waals surface area contributed by atoms with E-state index in [2.05, 4.69) is 20.0 Å². The van der Waals surface area contributed by atoms with Crippen LogP contribution < -0.4 is 0 Å². The number of halogens is 3. The number of rotatable bonds is 3. The van der Waals surface area contributed by atoms with Crippen LogP contribution >= 0.6 is 0 Å². The summed E-state index contributed by atoms with van der Waals surface area (Å²) in [6.45, 7) is 1.49. The average Bonchev–Trinajstić information content (AvgIpc) is 3.13. The van der Waals surface area contributed by atoms with Crippen LogP contribution in [-0.4, -0.2) is 32.6 Å². The van der Waals surface area contributed by atoms with Crippen molar-refractivity contribution in [2.75, 3.05) is 6.61 Å². The summed E-state index contributed by atoms with van der Waals surface area (Å²) >= 11 is 0. The lowest BCUT2D eigenvalue weighted by atomic mass is 10.2. The Hall–Kier alpha value is -2.84. The minimum Gasteiger partial charge on any atom is -0.462 e. The van der Waals surface area contributed by atoms with Crippen molar-refractivity contribution < 1.29 is 22.7 Å². The van der Waals surface area contributed by atoms with Crippen LogP contribution in [0, 0.1) is 0 Å². The van der Waals surface area contributed by atoms with Gasteiger partial charge in [0.05, 0.1) is 30.2 Å². The molecular weight excluding hydrogens is 313 g/mol. The summed E-state index contributed by atoms with van der Waals surface area (Å²) in [4.78, 5) is 11.8. The Bertz CT molecular complexity index is 866. The van der Waals surface area contributed by atoms with Gasteiger partial charge in [-0.25, -0.2) is 9.48 Å². The topological polar surface area (TPSA) is 72.8 Å². The van der Waals surface area contributed by atoms with Gasteiger partial charge in [-0.15, -0.1) is 0 Å². The number of aromatic amines is 1. The predicted octanol–water partition coefficient (Wildman–Crippen LogP) is 2.94. The van der Waals surface area contributed by atoms with E-state index in [4.69, 9.17) is 0 Å². The van der Waals surface area contributed by atoms with Crippen LogP contribution in [0.15, 0.2) is 30.6 Å². The number of fused-ring (bicyclic) bond motifs is 1. The van der Waals surface area contributed by atoms with E-state index in [1.165, 1.54) is 19.2 Å². The van der Waals surface area contributed by atoms with E-state index < -0.39 is 23.4 Å². The first-order valence-corrected chi connectivity index (χ1v) is 6.68. The molecule has 0 aliphatic rings. The van der Waals surface area contributed by atoms with E-state index >= 15 is 0 Å². The number of benzene rings is 1. The SMILES string of the molecule is CCOC(=O)c1cnn(-c2cccc3[nH]ncc23)c1C(F)(F)F. The first-order valence-electron chi connectivity index (χ1n) is 6.68. The van der Waals surface area contributed by atoms with Gasteiger partial charge in [-0.05, 0) is 19.1 Å². The number of nitrogens with zero attached hydrogens (tertiary/aromatic N) is 3. The molecule has 120 valence electrons. The van der Waals surface area contributed by atoms with Gasteiger partial charge in [0, 0.05) is 5.39 Å². The standard InChI is InChI=1S/C14H11F3N4O2/c1-2-23-13(22)9-7-19-21(12(9)14(15,16)17)11-5-3-4-10-8(11)6-18-20-10/h3-7H,2H2,1H3,(H,18,20). The first kappa shape index (κ1) is 15.1. The fourth-order valence-electron chi connectivity index (χ4n) is 2.30. The van der Waals surface area contributed by atoms with Crippen LogP contribution in [0.2, 0.25) is 0 Å². The van der Waals surface area contributed by atoms with Gasteiger partial charge in [0.15, 0.2) is 5.69 Å². The number of esters is 1. The normalized spacial score (nSPS) is 11.8. The van der Waals surface area contributed by atoms with Crippen molar-refractivity contribution in [2.24, 2.45) is 0 Å². The second kappa shape index (κ2) is 5.41. The van der Waals surface area contributed by atoms with Crippen molar-refractivity contribution in [2.45, 2.75) is 13.1 Å². The molecule has 9 heteroatoms.